The fourth-order valence-corrected chi connectivity index (χ4v) is 2.85. The Hall–Kier alpha value is -1.35. The van der Waals surface area contributed by atoms with E-state index in [2.05, 4.69) is 24.3 Å². The van der Waals surface area contributed by atoms with Crippen molar-refractivity contribution in [2.75, 3.05) is 19.6 Å². The van der Waals surface area contributed by atoms with Gasteiger partial charge in [-0.15, -0.1) is 0 Å². The molecule has 1 aromatic rings. The molecule has 2 N–H and O–H groups in total. The van der Waals surface area contributed by atoms with E-state index in [0.717, 1.165) is 58.2 Å². The highest BCUT2D eigenvalue weighted by atomic mass is 16.2. The molecule has 3 heteroatoms. The lowest BCUT2D eigenvalue weighted by Crippen LogP contribution is -2.33. The first-order valence-corrected chi connectivity index (χ1v) is 7.86. The average molecular weight is 274 g/mol. The summed E-state index contributed by atoms with van der Waals surface area (Å²) in [6, 6.07) is 8.56. The van der Waals surface area contributed by atoms with Crippen LogP contribution in [0.1, 0.15) is 43.2 Å². The molecule has 0 bridgehead atoms. The van der Waals surface area contributed by atoms with Crippen molar-refractivity contribution in [2.45, 2.75) is 44.9 Å². The lowest BCUT2D eigenvalue weighted by atomic mass is 10.0. The van der Waals surface area contributed by atoms with Crippen molar-refractivity contribution in [2.24, 2.45) is 5.73 Å². The second kappa shape index (κ2) is 8.05. The van der Waals surface area contributed by atoms with Gasteiger partial charge in [-0.25, -0.2) is 0 Å². The third-order valence-electron chi connectivity index (χ3n) is 4.12. The Morgan fingerprint density at radius 3 is 2.20 bits per heavy atom. The van der Waals surface area contributed by atoms with Crippen LogP contribution in [0.25, 0.3) is 0 Å². The van der Waals surface area contributed by atoms with E-state index >= 15 is 0 Å². The minimum absolute atomic E-state index is 0.325. The molecule has 1 aliphatic rings. The fraction of sp³-hybridized carbons (Fsp3) is 0.588. The van der Waals surface area contributed by atoms with Crippen LogP contribution in [0, 0.1) is 0 Å². The molecule has 1 aromatic carbocycles. The fourth-order valence-electron chi connectivity index (χ4n) is 2.85. The molecule has 110 valence electrons. The molecule has 0 aliphatic carbocycles. The number of nitrogens with two attached hydrogens (primary N) is 1. The van der Waals surface area contributed by atoms with Gasteiger partial charge in [-0.05, 0) is 43.4 Å². The highest BCUT2D eigenvalue weighted by molar-refractivity contribution is 5.76. The first-order chi connectivity index (χ1) is 9.81. The topological polar surface area (TPSA) is 46.3 Å². The molecule has 3 nitrogen and oxygen atoms in total. The first kappa shape index (κ1) is 15.0. The zero-order valence-corrected chi connectivity index (χ0v) is 12.3. The first-order valence-electron chi connectivity index (χ1n) is 7.86. The van der Waals surface area contributed by atoms with E-state index in [1.807, 2.05) is 4.90 Å². The van der Waals surface area contributed by atoms with Gasteiger partial charge in [0.1, 0.15) is 0 Å². The Bertz CT molecular complexity index is 404. The molecular weight excluding hydrogens is 248 g/mol. The number of hydrogen-bond acceptors (Lipinski definition) is 2. The van der Waals surface area contributed by atoms with Crippen molar-refractivity contribution in [3.8, 4) is 0 Å². The summed E-state index contributed by atoms with van der Waals surface area (Å²) in [4.78, 5) is 14.3. The number of hydrogen-bond donors (Lipinski definition) is 1. The van der Waals surface area contributed by atoms with Crippen molar-refractivity contribution in [3.63, 3.8) is 0 Å². The molecule has 0 unspecified atom stereocenters. The van der Waals surface area contributed by atoms with Crippen molar-refractivity contribution in [1.29, 1.82) is 0 Å². The second-order valence-electron chi connectivity index (χ2n) is 5.60. The predicted molar refractivity (Wildman–Crippen MR) is 82.6 cm³/mol. The summed E-state index contributed by atoms with van der Waals surface area (Å²) in [6.07, 6.45) is 7.03. The summed E-state index contributed by atoms with van der Waals surface area (Å²) in [5.41, 5.74) is 8.29. The van der Waals surface area contributed by atoms with Gasteiger partial charge in [-0.1, -0.05) is 37.1 Å². The SMILES string of the molecule is NCCCCCCC(=O)N1CCc2ccccc2CC1. The average Bonchev–Trinajstić information content (AvgIpc) is 2.69. The number of carbonyl (C=O) groups is 1. The van der Waals surface area contributed by atoms with E-state index in [1.165, 1.54) is 11.1 Å². The molecule has 0 atom stereocenters. The van der Waals surface area contributed by atoms with Gasteiger partial charge in [0.15, 0.2) is 0 Å². The van der Waals surface area contributed by atoms with Crippen LogP contribution in [0.2, 0.25) is 0 Å². The Balaban J connectivity index is 1.76. The third-order valence-corrected chi connectivity index (χ3v) is 4.12. The highest BCUT2D eigenvalue weighted by Crippen LogP contribution is 2.16. The number of unbranched alkanes of at least 4 members (excludes halogenated alkanes) is 3. The molecule has 1 amide bonds. The van der Waals surface area contributed by atoms with Gasteiger partial charge in [0.25, 0.3) is 0 Å². The van der Waals surface area contributed by atoms with Crippen LogP contribution in [-0.4, -0.2) is 30.4 Å². The maximum Gasteiger partial charge on any atom is 0.222 e. The van der Waals surface area contributed by atoms with Gasteiger partial charge in [0.05, 0.1) is 0 Å². The minimum atomic E-state index is 0.325. The quantitative estimate of drug-likeness (QED) is 0.810. The van der Waals surface area contributed by atoms with Crippen molar-refractivity contribution >= 4 is 5.91 Å². The Labute approximate surface area is 122 Å². The van der Waals surface area contributed by atoms with Crippen LogP contribution >= 0.6 is 0 Å². The van der Waals surface area contributed by atoms with Crippen LogP contribution in [0.5, 0.6) is 0 Å². The Morgan fingerprint density at radius 1 is 1.00 bits per heavy atom. The monoisotopic (exact) mass is 274 g/mol. The molecule has 2 rings (SSSR count). The summed E-state index contributed by atoms with van der Waals surface area (Å²) < 4.78 is 0. The van der Waals surface area contributed by atoms with Gasteiger partial charge in [0, 0.05) is 19.5 Å². The van der Waals surface area contributed by atoms with E-state index in [0.29, 0.717) is 12.3 Å². The molecule has 0 saturated heterocycles. The molecule has 20 heavy (non-hydrogen) atoms. The Morgan fingerprint density at radius 2 is 1.60 bits per heavy atom. The lowest BCUT2D eigenvalue weighted by molar-refractivity contribution is -0.131. The maximum absolute atomic E-state index is 12.2. The lowest BCUT2D eigenvalue weighted by Gasteiger charge is -2.20. The minimum Gasteiger partial charge on any atom is -0.342 e. The number of nitrogens with zero attached hydrogens (tertiary/aromatic N) is 1. The van der Waals surface area contributed by atoms with E-state index in [1.54, 1.807) is 0 Å². The summed E-state index contributed by atoms with van der Waals surface area (Å²) >= 11 is 0. The van der Waals surface area contributed by atoms with Crippen LogP contribution in [0.3, 0.4) is 0 Å². The molecule has 0 saturated carbocycles. The van der Waals surface area contributed by atoms with Gasteiger partial charge >= 0.3 is 0 Å². The van der Waals surface area contributed by atoms with E-state index in [4.69, 9.17) is 5.73 Å². The molecule has 0 spiro atoms. The van der Waals surface area contributed by atoms with Gasteiger partial charge in [0.2, 0.25) is 5.91 Å². The third kappa shape index (κ3) is 4.34. The van der Waals surface area contributed by atoms with Crippen LogP contribution in [0.15, 0.2) is 24.3 Å². The summed E-state index contributed by atoms with van der Waals surface area (Å²) in [5, 5.41) is 0. The summed E-state index contributed by atoms with van der Waals surface area (Å²) in [6.45, 7) is 2.51. The summed E-state index contributed by atoms with van der Waals surface area (Å²) in [5.74, 6) is 0.325. The zero-order valence-electron chi connectivity index (χ0n) is 12.3. The normalized spacial score (nSPS) is 14.8. The van der Waals surface area contributed by atoms with E-state index in [9.17, 15) is 4.79 Å². The highest BCUT2D eigenvalue weighted by Gasteiger charge is 2.17. The molecule has 1 aliphatic heterocycles. The van der Waals surface area contributed by atoms with Gasteiger partial charge in [-0.2, -0.15) is 0 Å². The number of rotatable bonds is 6. The van der Waals surface area contributed by atoms with Crippen molar-refractivity contribution in [1.82, 2.24) is 4.90 Å². The van der Waals surface area contributed by atoms with E-state index < -0.39 is 0 Å². The molecular formula is C17H26N2O. The van der Waals surface area contributed by atoms with Crippen LogP contribution in [-0.2, 0) is 17.6 Å². The number of carbonyl (C=O) groups excluding carboxylic acids is 1. The summed E-state index contributed by atoms with van der Waals surface area (Å²) in [7, 11) is 0. The van der Waals surface area contributed by atoms with Gasteiger partial charge in [-0.3, -0.25) is 4.79 Å². The predicted octanol–water partition coefficient (Wildman–Crippen LogP) is 2.52. The van der Waals surface area contributed by atoms with Crippen molar-refractivity contribution < 1.29 is 4.79 Å². The molecule has 0 aromatic heterocycles. The van der Waals surface area contributed by atoms with E-state index in [-0.39, 0.29) is 0 Å². The maximum atomic E-state index is 12.2. The van der Waals surface area contributed by atoms with Crippen molar-refractivity contribution in [3.05, 3.63) is 35.4 Å². The zero-order chi connectivity index (χ0) is 14.2. The smallest absolute Gasteiger partial charge is 0.222 e. The molecule has 1 heterocycles. The van der Waals surface area contributed by atoms with Crippen LogP contribution < -0.4 is 5.73 Å². The van der Waals surface area contributed by atoms with Gasteiger partial charge < -0.3 is 10.6 Å². The number of benzene rings is 1. The second-order valence-corrected chi connectivity index (χ2v) is 5.60. The standard InChI is InChI=1S/C17H26N2O/c18-12-6-2-1-3-9-17(20)19-13-10-15-7-4-5-8-16(15)11-14-19/h4-5,7-8H,1-3,6,9-14,18H2. The number of amides is 1. The largest absolute Gasteiger partial charge is 0.342 e. The van der Waals surface area contributed by atoms with Crippen LogP contribution in [0.4, 0.5) is 0 Å². The number of fused-ring (bicyclic) bond motifs is 1. The molecule has 0 radical (unpaired) electrons. The Kier molecular flexibility index (Phi) is 6.06. The molecule has 0 fully saturated rings.